The van der Waals surface area contributed by atoms with Crippen molar-refractivity contribution in [2.24, 2.45) is 0 Å². The zero-order valence-corrected chi connectivity index (χ0v) is 29.7. The number of carbonyl (C=O) groups is 2. The van der Waals surface area contributed by atoms with E-state index in [9.17, 15) is 9.59 Å². The van der Waals surface area contributed by atoms with Crippen molar-refractivity contribution in [1.82, 2.24) is 0 Å². The second-order valence-electron chi connectivity index (χ2n) is 10.3. The van der Waals surface area contributed by atoms with Crippen LogP contribution >= 0.6 is 17.2 Å². The maximum absolute atomic E-state index is 10.3. The van der Waals surface area contributed by atoms with Crippen molar-refractivity contribution in [3.8, 4) is 11.1 Å². The van der Waals surface area contributed by atoms with Gasteiger partial charge in [-0.25, -0.2) is 0 Å². The molecule has 0 aromatic heterocycles. The molecule has 0 aliphatic rings. The number of fused-ring (bicyclic) bond motifs is 2. The van der Waals surface area contributed by atoms with Crippen LogP contribution in [0.5, 0.6) is 0 Å². The molecule has 0 aliphatic heterocycles. The average molecular weight is 748 g/mol. The fraction of sp³-hybridized carbons (Fsp3) is 0.105. The van der Waals surface area contributed by atoms with E-state index >= 15 is 0 Å². The molecule has 6 nitrogen and oxygen atoms in total. The molecule has 4 atom stereocenters. The number of carboxylic acids is 2. The van der Waals surface area contributed by atoms with Gasteiger partial charge in [-0.1, -0.05) is 162 Å². The molecule has 0 aliphatic carbocycles. The normalized spacial score (nSPS) is 12.1. The molecular weight excluding hydrogens is 711 g/mol. The van der Waals surface area contributed by atoms with Crippen LogP contribution in [0.15, 0.2) is 133 Å². The van der Waals surface area contributed by atoms with Crippen LogP contribution in [0.2, 0.25) is 0 Å². The zero-order chi connectivity index (χ0) is 33.1. The standard InChI is InChI=1S/C22H20P2.2C8H8NO2.Ru/c1-23-19-13-11-15-7-3-5-9-17(15)21(19)22-18-10-6-4-8-16(18)12-14-20(22)24-2;2*9-7(8(10)11)6-4-2-1-3-5-6;/h3-14,23-24H,1-2H3;2*1-5,7,9H,(H,10,11);/q;2*-1;+2/t;2*7-;/m.00./s1. The van der Waals surface area contributed by atoms with E-state index in [0.717, 1.165) is 17.2 Å². The first-order valence-electron chi connectivity index (χ1n) is 14.6. The van der Waals surface area contributed by atoms with Gasteiger partial charge in [0.25, 0.3) is 11.9 Å². The van der Waals surface area contributed by atoms with Crippen LogP contribution in [0.3, 0.4) is 0 Å². The largest absolute Gasteiger partial charge is 2.00 e. The van der Waals surface area contributed by atoms with Gasteiger partial charge in [0.1, 0.15) is 0 Å². The first-order valence-corrected chi connectivity index (χ1v) is 17.6. The Balaban J connectivity index is 0.000000219. The molecule has 0 amide bonds. The molecule has 2 unspecified atom stereocenters. The first kappa shape index (κ1) is 37.6. The summed E-state index contributed by atoms with van der Waals surface area (Å²) in [5, 5.41) is 25.2. The van der Waals surface area contributed by atoms with Crippen molar-refractivity contribution in [2.75, 3.05) is 13.3 Å². The summed E-state index contributed by atoms with van der Waals surface area (Å²) in [4.78, 5) is 20.6. The summed E-state index contributed by atoms with van der Waals surface area (Å²) >= 11 is 0. The molecule has 0 radical (unpaired) electrons. The van der Waals surface area contributed by atoms with Gasteiger partial charge in [0.05, 0.1) is 0 Å². The third-order valence-electron chi connectivity index (χ3n) is 7.41. The van der Waals surface area contributed by atoms with Gasteiger partial charge >= 0.3 is 19.5 Å². The van der Waals surface area contributed by atoms with E-state index in [0.29, 0.717) is 11.1 Å². The molecule has 6 rings (SSSR count). The topological polar surface area (TPSA) is 122 Å². The Bertz CT molecular complexity index is 1780. The Morgan fingerprint density at radius 2 is 0.830 bits per heavy atom. The number of aliphatic carboxylic acids is 2. The molecule has 240 valence electrons. The molecular formula is C38H36N2O4P2Ru. The molecule has 47 heavy (non-hydrogen) atoms. The minimum absolute atomic E-state index is 0. The second-order valence-corrected chi connectivity index (χ2v) is 12.4. The summed E-state index contributed by atoms with van der Waals surface area (Å²) < 4.78 is 0. The van der Waals surface area contributed by atoms with E-state index in [-0.39, 0.29) is 19.5 Å². The monoisotopic (exact) mass is 748 g/mol. The minimum Gasteiger partial charge on any atom is -0.661 e. The van der Waals surface area contributed by atoms with Gasteiger partial charge in [0.15, 0.2) is 0 Å². The third kappa shape index (κ3) is 9.61. The van der Waals surface area contributed by atoms with Crippen LogP contribution in [0.1, 0.15) is 23.2 Å². The van der Waals surface area contributed by atoms with Crippen molar-refractivity contribution in [2.45, 2.75) is 12.1 Å². The van der Waals surface area contributed by atoms with Crippen molar-refractivity contribution in [1.29, 1.82) is 0 Å². The minimum atomic E-state index is -1.16. The molecule has 6 aromatic rings. The summed E-state index contributed by atoms with van der Waals surface area (Å²) in [7, 11) is 1.58. The van der Waals surface area contributed by atoms with Gasteiger partial charge in [-0.2, -0.15) is 0 Å². The van der Waals surface area contributed by atoms with Gasteiger partial charge in [-0.3, -0.25) is 9.59 Å². The van der Waals surface area contributed by atoms with Crippen LogP contribution < -0.4 is 10.6 Å². The molecule has 0 saturated carbocycles. The Morgan fingerprint density at radius 1 is 0.511 bits per heavy atom. The average Bonchev–Trinajstić information content (AvgIpc) is 3.11. The van der Waals surface area contributed by atoms with Crippen LogP contribution in [-0.4, -0.2) is 35.5 Å². The molecule has 0 saturated heterocycles. The number of hydrogen-bond donors (Lipinski definition) is 2. The van der Waals surface area contributed by atoms with Gasteiger partial charge in [0.2, 0.25) is 0 Å². The quantitative estimate of drug-likeness (QED) is 0.125. The molecule has 0 fully saturated rings. The number of hydrogen-bond acceptors (Lipinski definition) is 2. The Kier molecular flexibility index (Phi) is 14.8. The van der Waals surface area contributed by atoms with E-state index in [1.54, 1.807) is 60.7 Å². The summed E-state index contributed by atoms with van der Waals surface area (Å²) in [5.74, 6) is -2.23. The smallest absolute Gasteiger partial charge is 0.661 e. The van der Waals surface area contributed by atoms with Crippen LogP contribution in [0.4, 0.5) is 0 Å². The van der Waals surface area contributed by atoms with Gasteiger partial charge in [0, 0.05) is 0 Å². The fourth-order valence-electron chi connectivity index (χ4n) is 5.07. The molecule has 0 spiro atoms. The van der Waals surface area contributed by atoms with Crippen molar-refractivity contribution in [3.05, 3.63) is 156 Å². The van der Waals surface area contributed by atoms with Crippen LogP contribution in [0, 0.1) is 0 Å². The molecule has 6 aromatic carbocycles. The maximum Gasteiger partial charge on any atom is 2.00 e. The van der Waals surface area contributed by atoms with Gasteiger partial charge in [-0.05, 0) is 68.7 Å². The third-order valence-corrected chi connectivity index (χ3v) is 9.32. The van der Waals surface area contributed by atoms with Crippen LogP contribution in [-0.2, 0) is 29.1 Å². The van der Waals surface area contributed by atoms with E-state index < -0.39 is 24.0 Å². The number of rotatable bonds is 7. The van der Waals surface area contributed by atoms with Crippen LogP contribution in [0.25, 0.3) is 44.1 Å². The van der Waals surface area contributed by atoms with E-state index in [1.165, 1.54) is 43.3 Å². The maximum atomic E-state index is 10.3. The van der Waals surface area contributed by atoms with Gasteiger partial charge < -0.3 is 21.7 Å². The predicted octanol–water partition coefficient (Wildman–Crippen LogP) is 9.25. The van der Waals surface area contributed by atoms with E-state index in [1.807, 2.05) is 0 Å². The number of benzene rings is 6. The SMILES string of the molecule is CPc1ccc2ccccc2c1-c1c(PC)ccc2ccccc12.[NH-][C@H](C(=O)O)c1ccccc1.[NH-][C@H](C(=O)O)c1ccccc1.[Ru+2]. The van der Waals surface area contributed by atoms with Crippen molar-refractivity contribution < 1.29 is 39.3 Å². The predicted molar refractivity (Wildman–Crippen MR) is 197 cm³/mol. The zero-order valence-electron chi connectivity index (χ0n) is 25.9. The number of carboxylic acid groups (broad SMARTS) is 2. The molecule has 4 N–H and O–H groups in total. The Labute approximate surface area is 291 Å². The molecule has 0 heterocycles. The first-order chi connectivity index (χ1) is 22.3. The van der Waals surface area contributed by atoms with Crippen molar-refractivity contribution in [3.63, 3.8) is 0 Å². The van der Waals surface area contributed by atoms with Crippen molar-refractivity contribution >= 4 is 61.3 Å². The van der Waals surface area contributed by atoms with E-state index in [4.69, 9.17) is 21.7 Å². The fourth-order valence-corrected chi connectivity index (χ4v) is 6.59. The van der Waals surface area contributed by atoms with E-state index in [2.05, 4.69) is 86.1 Å². The molecule has 9 heteroatoms. The molecule has 0 bridgehead atoms. The summed E-state index contributed by atoms with van der Waals surface area (Å²) in [6, 6.07) is 41.4. The summed E-state index contributed by atoms with van der Waals surface area (Å²) in [6.07, 6.45) is 0. The Hall–Kier alpha value is -3.82. The number of nitrogens with one attached hydrogen (secondary N) is 2. The summed E-state index contributed by atoms with van der Waals surface area (Å²) in [6.45, 7) is 4.57. The summed E-state index contributed by atoms with van der Waals surface area (Å²) in [5.41, 5.74) is 18.2. The second kappa shape index (κ2) is 18.5. The Morgan fingerprint density at radius 3 is 1.15 bits per heavy atom. The van der Waals surface area contributed by atoms with Gasteiger partial charge in [-0.15, -0.1) is 0 Å².